The molecule has 20 heavy (non-hydrogen) atoms. The van der Waals surface area contributed by atoms with Crippen LogP contribution in [-0.2, 0) is 4.74 Å². The van der Waals surface area contributed by atoms with Crippen molar-refractivity contribution >= 4 is 17.9 Å². The molecule has 1 aliphatic rings. The number of ether oxygens (including phenoxy) is 1. The first-order chi connectivity index (χ1) is 9.33. The molecule has 0 saturated carbocycles. The van der Waals surface area contributed by atoms with Gasteiger partial charge in [0.15, 0.2) is 0 Å². The molecule has 1 fully saturated rings. The Morgan fingerprint density at radius 3 is 2.80 bits per heavy atom. The summed E-state index contributed by atoms with van der Waals surface area (Å²) in [6, 6.07) is 0.287. The zero-order valence-electron chi connectivity index (χ0n) is 13.6. The number of likely N-dealkylation sites (tertiary alicyclic amines) is 1. The monoisotopic (exact) mass is 302 g/mol. The zero-order valence-corrected chi connectivity index (χ0v) is 14.4. The number of carbonyl (C=O) groups excluding carboxylic acids is 1. The van der Waals surface area contributed by atoms with Gasteiger partial charge in [0.2, 0.25) is 0 Å². The maximum absolute atomic E-state index is 12.1. The van der Waals surface area contributed by atoms with Crippen molar-refractivity contribution in [1.29, 1.82) is 0 Å². The predicted molar refractivity (Wildman–Crippen MR) is 86.4 cm³/mol. The standard InChI is InChI=1S/C15H30N2O2S/c1-12(20-5)8-9-16-11-13-7-6-10-17(13)14(18)19-15(2,3)4/h12-13,16H,6-11H2,1-5H3. The molecule has 0 aliphatic carbocycles. The largest absolute Gasteiger partial charge is 0.444 e. The van der Waals surface area contributed by atoms with Crippen LogP contribution in [0.2, 0.25) is 0 Å². The molecule has 1 amide bonds. The number of rotatable bonds is 6. The fourth-order valence-electron chi connectivity index (χ4n) is 2.30. The molecule has 0 radical (unpaired) electrons. The lowest BCUT2D eigenvalue weighted by Gasteiger charge is -2.28. The van der Waals surface area contributed by atoms with Crippen LogP contribution in [-0.4, -0.2) is 53.8 Å². The van der Waals surface area contributed by atoms with Gasteiger partial charge in [-0.05, 0) is 52.8 Å². The maximum Gasteiger partial charge on any atom is 0.410 e. The SMILES string of the molecule is CSC(C)CCNCC1CCCN1C(=O)OC(C)(C)C. The van der Waals surface area contributed by atoms with E-state index in [1.807, 2.05) is 37.4 Å². The van der Waals surface area contributed by atoms with Gasteiger partial charge in [-0.3, -0.25) is 0 Å². The van der Waals surface area contributed by atoms with E-state index in [9.17, 15) is 4.79 Å². The highest BCUT2D eigenvalue weighted by Gasteiger charge is 2.31. The quantitative estimate of drug-likeness (QED) is 0.766. The molecule has 2 unspecified atom stereocenters. The molecule has 0 spiro atoms. The van der Waals surface area contributed by atoms with Crippen molar-refractivity contribution in [3.63, 3.8) is 0 Å². The van der Waals surface area contributed by atoms with Crippen LogP contribution in [0, 0.1) is 0 Å². The number of hydrogen-bond acceptors (Lipinski definition) is 4. The van der Waals surface area contributed by atoms with Crippen molar-refractivity contribution in [2.24, 2.45) is 0 Å². The molecule has 118 valence electrons. The van der Waals surface area contributed by atoms with Gasteiger partial charge in [0.25, 0.3) is 0 Å². The van der Waals surface area contributed by atoms with Crippen LogP contribution in [0.5, 0.6) is 0 Å². The third-order valence-corrected chi connectivity index (χ3v) is 4.56. The number of carbonyl (C=O) groups is 1. The minimum absolute atomic E-state index is 0.167. The van der Waals surface area contributed by atoms with Crippen molar-refractivity contribution < 1.29 is 9.53 Å². The summed E-state index contributed by atoms with van der Waals surface area (Å²) in [7, 11) is 0. The van der Waals surface area contributed by atoms with E-state index in [1.54, 1.807) is 0 Å². The molecule has 1 saturated heterocycles. The van der Waals surface area contributed by atoms with Gasteiger partial charge in [-0.1, -0.05) is 6.92 Å². The fourth-order valence-corrected chi connectivity index (χ4v) is 2.65. The molecular weight excluding hydrogens is 272 g/mol. The molecule has 0 aromatic carbocycles. The van der Waals surface area contributed by atoms with E-state index >= 15 is 0 Å². The average molecular weight is 302 g/mol. The van der Waals surface area contributed by atoms with Gasteiger partial charge in [0.05, 0.1) is 0 Å². The summed E-state index contributed by atoms with van der Waals surface area (Å²) < 4.78 is 5.47. The fraction of sp³-hybridized carbons (Fsp3) is 0.933. The van der Waals surface area contributed by atoms with Crippen LogP contribution in [0.1, 0.15) is 47.0 Å². The van der Waals surface area contributed by atoms with Gasteiger partial charge in [0.1, 0.15) is 5.60 Å². The van der Waals surface area contributed by atoms with E-state index < -0.39 is 5.60 Å². The Morgan fingerprint density at radius 1 is 1.50 bits per heavy atom. The van der Waals surface area contributed by atoms with Gasteiger partial charge in [-0.2, -0.15) is 11.8 Å². The molecule has 1 aliphatic heterocycles. The average Bonchev–Trinajstić information content (AvgIpc) is 2.80. The molecule has 2 atom stereocenters. The summed E-state index contributed by atoms with van der Waals surface area (Å²) in [5.41, 5.74) is -0.411. The molecule has 0 bridgehead atoms. The number of nitrogens with one attached hydrogen (secondary N) is 1. The summed E-state index contributed by atoms with van der Waals surface area (Å²) in [5, 5.41) is 4.17. The first-order valence-electron chi connectivity index (χ1n) is 7.56. The van der Waals surface area contributed by atoms with E-state index in [0.717, 1.165) is 32.5 Å². The van der Waals surface area contributed by atoms with Crippen LogP contribution in [0.4, 0.5) is 4.79 Å². The summed E-state index contributed by atoms with van der Waals surface area (Å²) in [6.07, 6.45) is 5.29. The predicted octanol–water partition coefficient (Wildman–Crippen LogP) is 3.12. The zero-order chi connectivity index (χ0) is 15.2. The molecule has 4 nitrogen and oxygen atoms in total. The molecular formula is C15H30N2O2S. The second-order valence-electron chi connectivity index (χ2n) is 6.51. The first-order valence-corrected chi connectivity index (χ1v) is 8.85. The van der Waals surface area contributed by atoms with E-state index in [1.165, 1.54) is 6.42 Å². The lowest BCUT2D eigenvalue weighted by Crippen LogP contribution is -2.44. The van der Waals surface area contributed by atoms with Crippen LogP contribution in [0.3, 0.4) is 0 Å². The minimum atomic E-state index is -0.411. The Morgan fingerprint density at radius 2 is 2.20 bits per heavy atom. The molecule has 1 heterocycles. The highest BCUT2D eigenvalue weighted by Crippen LogP contribution is 2.20. The smallest absolute Gasteiger partial charge is 0.410 e. The topological polar surface area (TPSA) is 41.6 Å². The van der Waals surface area contributed by atoms with Crippen LogP contribution >= 0.6 is 11.8 Å². The lowest BCUT2D eigenvalue weighted by atomic mass is 10.2. The third-order valence-electron chi connectivity index (χ3n) is 3.52. The van der Waals surface area contributed by atoms with Gasteiger partial charge in [-0.15, -0.1) is 0 Å². The Bertz CT molecular complexity index is 305. The van der Waals surface area contributed by atoms with Gasteiger partial charge < -0.3 is 15.0 Å². The number of amides is 1. The third kappa shape index (κ3) is 6.35. The summed E-state index contributed by atoms with van der Waals surface area (Å²) >= 11 is 1.89. The Labute approximate surface area is 128 Å². The summed E-state index contributed by atoms with van der Waals surface area (Å²) in [4.78, 5) is 14.0. The summed E-state index contributed by atoms with van der Waals surface area (Å²) in [5.74, 6) is 0. The molecule has 0 aromatic heterocycles. The Balaban J connectivity index is 2.32. The van der Waals surface area contributed by atoms with Gasteiger partial charge in [-0.25, -0.2) is 4.79 Å². The van der Waals surface area contributed by atoms with E-state index in [0.29, 0.717) is 5.25 Å². The number of hydrogen-bond donors (Lipinski definition) is 1. The molecule has 1 rings (SSSR count). The second kappa shape index (κ2) is 8.13. The Kier molecular flexibility index (Phi) is 7.17. The maximum atomic E-state index is 12.1. The van der Waals surface area contributed by atoms with Crippen molar-refractivity contribution in [3.05, 3.63) is 0 Å². The molecule has 5 heteroatoms. The van der Waals surface area contributed by atoms with Gasteiger partial charge in [0, 0.05) is 24.4 Å². The normalized spacial score (nSPS) is 21.1. The molecule has 0 aromatic rings. The van der Waals surface area contributed by atoms with Gasteiger partial charge >= 0.3 is 6.09 Å². The summed E-state index contributed by atoms with van der Waals surface area (Å²) in [6.45, 7) is 10.7. The second-order valence-corrected chi connectivity index (χ2v) is 7.79. The van der Waals surface area contributed by atoms with Crippen molar-refractivity contribution in [3.8, 4) is 0 Å². The highest BCUT2D eigenvalue weighted by molar-refractivity contribution is 7.99. The lowest BCUT2D eigenvalue weighted by molar-refractivity contribution is 0.0226. The van der Waals surface area contributed by atoms with E-state index in [4.69, 9.17) is 4.74 Å². The van der Waals surface area contributed by atoms with Crippen LogP contribution in [0.25, 0.3) is 0 Å². The number of nitrogens with zero attached hydrogens (tertiary/aromatic N) is 1. The van der Waals surface area contributed by atoms with E-state index in [2.05, 4.69) is 18.5 Å². The highest BCUT2D eigenvalue weighted by atomic mass is 32.2. The van der Waals surface area contributed by atoms with Crippen LogP contribution < -0.4 is 5.32 Å². The van der Waals surface area contributed by atoms with Crippen molar-refractivity contribution in [2.75, 3.05) is 25.9 Å². The van der Waals surface area contributed by atoms with Crippen LogP contribution in [0.15, 0.2) is 0 Å². The molecule has 1 N–H and O–H groups in total. The Hall–Kier alpha value is -0.420. The van der Waals surface area contributed by atoms with E-state index in [-0.39, 0.29) is 12.1 Å². The van der Waals surface area contributed by atoms with Crippen molar-refractivity contribution in [2.45, 2.75) is 63.9 Å². The van der Waals surface area contributed by atoms with Crippen molar-refractivity contribution in [1.82, 2.24) is 10.2 Å². The first kappa shape index (κ1) is 17.6. The number of thioether (sulfide) groups is 1. The minimum Gasteiger partial charge on any atom is -0.444 e.